The van der Waals surface area contributed by atoms with Crippen LogP contribution in [0.15, 0.2) is 48.8 Å². The Balaban J connectivity index is 0.00000261. The lowest BCUT2D eigenvalue weighted by atomic mass is 10.0. The molecule has 2 aromatic rings. The van der Waals surface area contributed by atoms with Crippen LogP contribution >= 0.6 is 12.4 Å². The van der Waals surface area contributed by atoms with Crippen molar-refractivity contribution in [2.75, 3.05) is 40.0 Å². The van der Waals surface area contributed by atoms with E-state index in [4.69, 9.17) is 9.47 Å². The van der Waals surface area contributed by atoms with Crippen molar-refractivity contribution in [3.05, 3.63) is 59.9 Å². The van der Waals surface area contributed by atoms with Gasteiger partial charge in [-0.15, -0.1) is 12.4 Å². The first-order valence-corrected chi connectivity index (χ1v) is 8.93. The highest BCUT2D eigenvalue weighted by Gasteiger charge is 2.28. The number of methoxy groups -OCH3 is 1. The first-order chi connectivity index (χ1) is 12.8. The summed E-state index contributed by atoms with van der Waals surface area (Å²) < 4.78 is 10.7. The molecule has 7 heteroatoms. The molecular weight excluding hydrogens is 366 g/mol. The number of amides is 1. The van der Waals surface area contributed by atoms with E-state index in [1.165, 1.54) is 0 Å². The third kappa shape index (κ3) is 5.66. The van der Waals surface area contributed by atoms with Crippen molar-refractivity contribution in [1.29, 1.82) is 0 Å². The van der Waals surface area contributed by atoms with Crippen LogP contribution in [0.4, 0.5) is 0 Å². The normalized spacial score (nSPS) is 16.5. The molecule has 1 atom stereocenters. The summed E-state index contributed by atoms with van der Waals surface area (Å²) in [5.74, 6) is 0.725. The maximum atomic E-state index is 13.1. The third-order valence-corrected chi connectivity index (χ3v) is 4.42. The maximum Gasteiger partial charge on any atom is 0.254 e. The summed E-state index contributed by atoms with van der Waals surface area (Å²) in [6.07, 6.45) is 4.39. The van der Waals surface area contributed by atoms with Gasteiger partial charge in [0.1, 0.15) is 5.75 Å². The number of halogens is 1. The first kappa shape index (κ1) is 21.2. The average molecular weight is 392 g/mol. The fraction of sp³-hybridized carbons (Fsp3) is 0.400. The van der Waals surface area contributed by atoms with Gasteiger partial charge in [-0.2, -0.15) is 0 Å². The molecular formula is C20H26ClN3O3. The molecule has 0 saturated carbocycles. The van der Waals surface area contributed by atoms with Crippen LogP contribution in [0.2, 0.25) is 0 Å². The monoisotopic (exact) mass is 391 g/mol. The van der Waals surface area contributed by atoms with E-state index in [2.05, 4.69) is 10.3 Å². The highest BCUT2D eigenvalue weighted by molar-refractivity contribution is 5.95. The third-order valence-electron chi connectivity index (χ3n) is 4.42. The second-order valence-electron chi connectivity index (χ2n) is 6.23. The van der Waals surface area contributed by atoms with Gasteiger partial charge in [0.2, 0.25) is 0 Å². The van der Waals surface area contributed by atoms with Crippen molar-refractivity contribution in [1.82, 2.24) is 15.2 Å². The Morgan fingerprint density at radius 2 is 2.19 bits per heavy atom. The zero-order chi connectivity index (χ0) is 18.2. The molecule has 1 N–H and O–H groups in total. The molecule has 1 fully saturated rings. The van der Waals surface area contributed by atoms with Crippen molar-refractivity contribution in [3.8, 4) is 5.75 Å². The SMILES string of the molecule is COCCCOc1cccc(C(=O)N2CCNCC2c2cccnc2)c1.Cl. The van der Waals surface area contributed by atoms with E-state index in [1.807, 2.05) is 47.5 Å². The number of ether oxygens (including phenoxy) is 2. The van der Waals surface area contributed by atoms with Crippen molar-refractivity contribution >= 4 is 18.3 Å². The number of hydrogen-bond acceptors (Lipinski definition) is 5. The Morgan fingerprint density at radius 1 is 1.30 bits per heavy atom. The van der Waals surface area contributed by atoms with E-state index in [1.54, 1.807) is 13.3 Å². The number of aromatic nitrogens is 1. The number of nitrogens with zero attached hydrogens (tertiary/aromatic N) is 2. The van der Waals surface area contributed by atoms with Gasteiger partial charge in [0, 0.05) is 57.7 Å². The van der Waals surface area contributed by atoms with Crippen LogP contribution in [0.5, 0.6) is 5.75 Å². The number of nitrogens with one attached hydrogen (secondary N) is 1. The Morgan fingerprint density at radius 3 is 2.96 bits per heavy atom. The molecule has 0 aliphatic carbocycles. The number of hydrogen-bond donors (Lipinski definition) is 1. The molecule has 1 aromatic carbocycles. The molecule has 0 bridgehead atoms. The molecule has 1 amide bonds. The van der Waals surface area contributed by atoms with E-state index in [0.29, 0.717) is 31.1 Å². The summed E-state index contributed by atoms with van der Waals surface area (Å²) in [7, 11) is 1.67. The number of benzene rings is 1. The highest BCUT2D eigenvalue weighted by Crippen LogP contribution is 2.24. The minimum atomic E-state index is -0.0174. The molecule has 3 rings (SSSR count). The number of pyridine rings is 1. The predicted molar refractivity (Wildman–Crippen MR) is 107 cm³/mol. The van der Waals surface area contributed by atoms with Gasteiger partial charge in [-0.05, 0) is 29.8 Å². The van der Waals surface area contributed by atoms with Crippen molar-refractivity contribution in [2.24, 2.45) is 0 Å². The topological polar surface area (TPSA) is 63.7 Å². The molecule has 1 aliphatic heterocycles. The van der Waals surface area contributed by atoms with Gasteiger partial charge in [-0.1, -0.05) is 12.1 Å². The second kappa shape index (κ2) is 10.9. The Bertz CT molecular complexity index is 715. The fourth-order valence-electron chi connectivity index (χ4n) is 3.10. The minimum Gasteiger partial charge on any atom is -0.493 e. The Kier molecular flexibility index (Phi) is 8.51. The molecule has 146 valence electrons. The maximum absolute atomic E-state index is 13.1. The molecule has 1 saturated heterocycles. The van der Waals surface area contributed by atoms with Crippen LogP contribution in [-0.2, 0) is 4.74 Å². The van der Waals surface area contributed by atoms with Crippen LogP contribution in [-0.4, -0.2) is 55.7 Å². The van der Waals surface area contributed by atoms with E-state index in [0.717, 1.165) is 25.1 Å². The van der Waals surface area contributed by atoms with Gasteiger partial charge in [0.15, 0.2) is 0 Å². The van der Waals surface area contributed by atoms with Crippen LogP contribution in [0, 0.1) is 0 Å². The molecule has 27 heavy (non-hydrogen) atoms. The highest BCUT2D eigenvalue weighted by atomic mass is 35.5. The number of carbonyl (C=O) groups excluding carboxylic acids is 1. The summed E-state index contributed by atoms with van der Waals surface area (Å²) in [5, 5.41) is 3.36. The predicted octanol–water partition coefficient (Wildman–Crippen LogP) is 2.71. The molecule has 1 aliphatic rings. The van der Waals surface area contributed by atoms with Crippen molar-refractivity contribution in [3.63, 3.8) is 0 Å². The fourth-order valence-corrected chi connectivity index (χ4v) is 3.10. The lowest BCUT2D eigenvalue weighted by Gasteiger charge is -2.36. The number of carbonyl (C=O) groups is 1. The average Bonchev–Trinajstić information content (AvgIpc) is 2.71. The largest absolute Gasteiger partial charge is 0.493 e. The lowest BCUT2D eigenvalue weighted by Crippen LogP contribution is -2.48. The van der Waals surface area contributed by atoms with Gasteiger partial charge >= 0.3 is 0 Å². The van der Waals surface area contributed by atoms with Gasteiger partial charge in [-0.3, -0.25) is 9.78 Å². The summed E-state index contributed by atoms with van der Waals surface area (Å²) in [6.45, 7) is 3.40. The molecule has 6 nitrogen and oxygen atoms in total. The van der Waals surface area contributed by atoms with Gasteiger partial charge in [0.25, 0.3) is 5.91 Å². The van der Waals surface area contributed by atoms with Crippen LogP contribution in [0.3, 0.4) is 0 Å². The van der Waals surface area contributed by atoms with Crippen LogP contribution in [0.1, 0.15) is 28.4 Å². The van der Waals surface area contributed by atoms with E-state index < -0.39 is 0 Å². The van der Waals surface area contributed by atoms with Gasteiger partial charge in [-0.25, -0.2) is 0 Å². The number of rotatable bonds is 7. The van der Waals surface area contributed by atoms with E-state index in [9.17, 15) is 4.79 Å². The molecule has 0 radical (unpaired) electrons. The second-order valence-corrected chi connectivity index (χ2v) is 6.23. The van der Waals surface area contributed by atoms with Crippen LogP contribution < -0.4 is 10.1 Å². The summed E-state index contributed by atoms with van der Waals surface area (Å²) in [5.41, 5.74) is 1.69. The molecule has 1 unspecified atom stereocenters. The summed E-state index contributed by atoms with van der Waals surface area (Å²) >= 11 is 0. The van der Waals surface area contributed by atoms with E-state index in [-0.39, 0.29) is 24.4 Å². The minimum absolute atomic E-state index is 0. The van der Waals surface area contributed by atoms with Crippen molar-refractivity contribution < 1.29 is 14.3 Å². The van der Waals surface area contributed by atoms with Gasteiger partial charge < -0.3 is 19.7 Å². The van der Waals surface area contributed by atoms with Crippen LogP contribution in [0.25, 0.3) is 0 Å². The molecule has 2 heterocycles. The standard InChI is InChI=1S/C20H25N3O3.ClH/c1-25-11-4-12-26-18-7-2-5-16(13-18)20(24)23-10-9-22-15-19(23)17-6-3-8-21-14-17;/h2-3,5-8,13-14,19,22H,4,9-12,15H2,1H3;1H. The van der Waals surface area contributed by atoms with Crippen molar-refractivity contribution in [2.45, 2.75) is 12.5 Å². The molecule has 0 spiro atoms. The smallest absolute Gasteiger partial charge is 0.254 e. The summed E-state index contributed by atoms with van der Waals surface area (Å²) in [6, 6.07) is 11.3. The summed E-state index contributed by atoms with van der Waals surface area (Å²) in [4.78, 5) is 19.2. The quantitative estimate of drug-likeness (QED) is 0.735. The van der Waals surface area contributed by atoms with E-state index >= 15 is 0 Å². The lowest BCUT2D eigenvalue weighted by molar-refractivity contribution is 0.0633. The Hall–Kier alpha value is -2.15. The molecule has 1 aromatic heterocycles. The Labute approximate surface area is 166 Å². The zero-order valence-electron chi connectivity index (χ0n) is 15.5. The van der Waals surface area contributed by atoms with Gasteiger partial charge in [0.05, 0.1) is 12.6 Å². The first-order valence-electron chi connectivity index (χ1n) is 8.93. The number of piperazine rings is 1. The zero-order valence-corrected chi connectivity index (χ0v) is 16.3.